The zero-order chi connectivity index (χ0) is 17.2. The molecular weight excluding hydrogens is 292 g/mol. The van der Waals surface area contributed by atoms with Gasteiger partial charge in [-0.1, -0.05) is 30.3 Å². The summed E-state index contributed by atoms with van der Waals surface area (Å²) in [5.41, 5.74) is 0.262. The minimum Gasteiger partial charge on any atom is -0.507 e. The van der Waals surface area contributed by atoms with E-state index in [1.54, 1.807) is 45.0 Å². The summed E-state index contributed by atoms with van der Waals surface area (Å²) in [5.74, 6) is -0.222. The maximum atomic E-state index is 12.6. The van der Waals surface area contributed by atoms with Crippen molar-refractivity contribution >= 4 is 11.6 Å². The van der Waals surface area contributed by atoms with E-state index in [0.717, 1.165) is 0 Å². The van der Waals surface area contributed by atoms with Crippen molar-refractivity contribution in [2.24, 2.45) is 5.41 Å². The first-order valence-electron chi connectivity index (χ1n) is 7.32. The zero-order valence-corrected chi connectivity index (χ0v) is 13.7. The molecule has 1 aromatic rings. The van der Waals surface area contributed by atoms with Crippen molar-refractivity contribution in [2.45, 2.75) is 20.8 Å². The van der Waals surface area contributed by atoms with Gasteiger partial charge in [-0.2, -0.15) is 0 Å². The SMILES string of the molecule is COC1=C(C)C(O)=C(/C=C/C(=O)c2ccccc2)C(=O)C1(C)C. The van der Waals surface area contributed by atoms with E-state index in [0.29, 0.717) is 16.9 Å². The van der Waals surface area contributed by atoms with Crippen molar-refractivity contribution < 1.29 is 19.4 Å². The highest BCUT2D eigenvalue weighted by atomic mass is 16.5. The zero-order valence-electron chi connectivity index (χ0n) is 13.7. The van der Waals surface area contributed by atoms with Crippen LogP contribution >= 0.6 is 0 Å². The molecule has 1 aliphatic rings. The fraction of sp³-hybridized carbons (Fsp3) is 0.263. The van der Waals surface area contributed by atoms with Crippen LogP contribution in [-0.4, -0.2) is 23.8 Å². The smallest absolute Gasteiger partial charge is 0.185 e. The molecule has 4 heteroatoms. The van der Waals surface area contributed by atoms with E-state index in [2.05, 4.69) is 0 Å². The van der Waals surface area contributed by atoms with Crippen LogP contribution < -0.4 is 0 Å². The van der Waals surface area contributed by atoms with Crippen LogP contribution in [0, 0.1) is 5.41 Å². The monoisotopic (exact) mass is 312 g/mol. The van der Waals surface area contributed by atoms with Gasteiger partial charge in [0, 0.05) is 11.1 Å². The summed E-state index contributed by atoms with van der Waals surface area (Å²) < 4.78 is 5.28. The molecular formula is C19H20O4. The number of hydrogen-bond acceptors (Lipinski definition) is 4. The van der Waals surface area contributed by atoms with Crippen LogP contribution in [0.25, 0.3) is 0 Å². The Hall–Kier alpha value is -2.62. The summed E-state index contributed by atoms with van der Waals surface area (Å²) in [4.78, 5) is 24.8. The number of ether oxygens (including phenoxy) is 1. The van der Waals surface area contributed by atoms with Gasteiger partial charge in [0.2, 0.25) is 0 Å². The molecule has 0 aromatic heterocycles. The number of methoxy groups -OCH3 is 1. The number of benzene rings is 1. The van der Waals surface area contributed by atoms with Gasteiger partial charge in [-0.3, -0.25) is 9.59 Å². The van der Waals surface area contributed by atoms with Crippen LogP contribution in [0.4, 0.5) is 0 Å². The van der Waals surface area contributed by atoms with Gasteiger partial charge in [0.1, 0.15) is 11.5 Å². The van der Waals surface area contributed by atoms with Gasteiger partial charge in [0.15, 0.2) is 11.6 Å². The number of ketones is 2. The Morgan fingerprint density at radius 3 is 2.39 bits per heavy atom. The van der Waals surface area contributed by atoms with Crippen molar-refractivity contribution in [3.63, 3.8) is 0 Å². The molecule has 0 atom stereocenters. The largest absolute Gasteiger partial charge is 0.507 e. The Labute approximate surface area is 135 Å². The summed E-state index contributed by atoms with van der Waals surface area (Å²) in [6.07, 6.45) is 2.69. The fourth-order valence-electron chi connectivity index (χ4n) is 2.75. The lowest BCUT2D eigenvalue weighted by molar-refractivity contribution is -0.123. The lowest BCUT2D eigenvalue weighted by Crippen LogP contribution is -2.33. The van der Waals surface area contributed by atoms with Crippen LogP contribution in [0.2, 0.25) is 0 Å². The van der Waals surface area contributed by atoms with E-state index in [9.17, 15) is 14.7 Å². The second-order valence-electron chi connectivity index (χ2n) is 5.94. The lowest BCUT2D eigenvalue weighted by Gasteiger charge is -2.31. The predicted molar refractivity (Wildman–Crippen MR) is 88.1 cm³/mol. The van der Waals surface area contributed by atoms with Gasteiger partial charge < -0.3 is 9.84 Å². The van der Waals surface area contributed by atoms with Gasteiger partial charge in [0.05, 0.1) is 18.1 Å². The molecule has 0 aliphatic heterocycles. The Kier molecular flexibility index (Phi) is 4.55. The van der Waals surface area contributed by atoms with Crippen molar-refractivity contribution in [3.8, 4) is 0 Å². The average Bonchev–Trinajstić information content (AvgIpc) is 2.54. The van der Waals surface area contributed by atoms with E-state index in [-0.39, 0.29) is 22.9 Å². The molecule has 0 spiro atoms. The van der Waals surface area contributed by atoms with Crippen molar-refractivity contribution in [1.82, 2.24) is 0 Å². The molecule has 0 bridgehead atoms. The Morgan fingerprint density at radius 1 is 1.22 bits per heavy atom. The molecule has 0 saturated heterocycles. The highest BCUT2D eigenvalue weighted by Crippen LogP contribution is 2.40. The predicted octanol–water partition coefficient (Wildman–Crippen LogP) is 3.77. The molecule has 0 saturated carbocycles. The standard InChI is InChI=1S/C19H20O4/c1-12-16(21)14(17(22)19(2,3)18(12)23-4)10-11-15(20)13-8-6-5-7-9-13/h5-11,21H,1-4H3/b11-10+. The average molecular weight is 312 g/mol. The highest BCUT2D eigenvalue weighted by Gasteiger charge is 2.41. The van der Waals surface area contributed by atoms with E-state index in [1.165, 1.54) is 19.3 Å². The van der Waals surface area contributed by atoms with E-state index in [1.807, 2.05) is 6.07 Å². The molecule has 0 amide bonds. The fourth-order valence-corrected chi connectivity index (χ4v) is 2.75. The van der Waals surface area contributed by atoms with Crippen molar-refractivity contribution in [2.75, 3.05) is 7.11 Å². The van der Waals surface area contributed by atoms with Crippen LogP contribution in [0.3, 0.4) is 0 Å². The van der Waals surface area contributed by atoms with Crippen LogP contribution in [0.15, 0.2) is 65.1 Å². The number of aliphatic hydroxyl groups excluding tert-OH is 1. The van der Waals surface area contributed by atoms with Crippen LogP contribution in [0.5, 0.6) is 0 Å². The van der Waals surface area contributed by atoms with E-state index in [4.69, 9.17) is 4.74 Å². The first kappa shape index (κ1) is 16.7. The molecule has 1 aliphatic carbocycles. The van der Waals surface area contributed by atoms with Gasteiger partial charge >= 0.3 is 0 Å². The number of carbonyl (C=O) groups excluding carboxylic acids is 2. The summed E-state index contributed by atoms with van der Waals surface area (Å²) in [6.45, 7) is 5.16. The Bertz CT molecular complexity index is 734. The number of allylic oxidation sites excluding steroid dienone is 5. The minimum absolute atomic E-state index is 0.123. The Morgan fingerprint density at radius 2 is 1.83 bits per heavy atom. The molecule has 0 radical (unpaired) electrons. The molecule has 0 unspecified atom stereocenters. The molecule has 0 heterocycles. The maximum Gasteiger partial charge on any atom is 0.185 e. The number of rotatable bonds is 4. The summed E-state index contributed by atoms with van der Waals surface area (Å²) in [6, 6.07) is 8.75. The normalized spacial score (nSPS) is 17.8. The number of hydrogen-bond donors (Lipinski definition) is 1. The third-order valence-corrected chi connectivity index (χ3v) is 3.99. The molecule has 1 N–H and O–H groups in total. The first-order chi connectivity index (χ1) is 10.8. The van der Waals surface area contributed by atoms with Crippen molar-refractivity contribution in [3.05, 3.63) is 70.7 Å². The van der Waals surface area contributed by atoms with Gasteiger partial charge in [0.25, 0.3) is 0 Å². The molecule has 1 aromatic carbocycles. The van der Waals surface area contributed by atoms with E-state index >= 15 is 0 Å². The molecule has 0 fully saturated rings. The highest BCUT2D eigenvalue weighted by molar-refractivity contribution is 6.09. The molecule has 23 heavy (non-hydrogen) atoms. The number of carbonyl (C=O) groups is 2. The van der Waals surface area contributed by atoms with Crippen LogP contribution in [-0.2, 0) is 9.53 Å². The molecule has 120 valence electrons. The van der Waals surface area contributed by atoms with Gasteiger partial charge in [-0.05, 0) is 32.9 Å². The minimum atomic E-state index is -0.888. The van der Waals surface area contributed by atoms with Crippen molar-refractivity contribution in [1.29, 1.82) is 0 Å². The summed E-state index contributed by atoms with van der Waals surface area (Å²) >= 11 is 0. The quantitative estimate of drug-likeness (QED) is 0.679. The second-order valence-corrected chi connectivity index (χ2v) is 5.94. The Balaban J connectivity index is 2.41. The number of aliphatic hydroxyl groups is 1. The summed E-state index contributed by atoms with van der Waals surface area (Å²) in [5, 5.41) is 10.3. The topological polar surface area (TPSA) is 63.6 Å². The lowest BCUT2D eigenvalue weighted by atomic mass is 9.75. The van der Waals surface area contributed by atoms with Crippen LogP contribution in [0.1, 0.15) is 31.1 Å². The van der Waals surface area contributed by atoms with Gasteiger partial charge in [-0.15, -0.1) is 0 Å². The third-order valence-electron chi connectivity index (χ3n) is 3.99. The molecule has 2 rings (SSSR count). The second kappa shape index (κ2) is 6.24. The molecule has 4 nitrogen and oxygen atoms in total. The van der Waals surface area contributed by atoms with E-state index < -0.39 is 5.41 Å². The summed E-state index contributed by atoms with van der Waals surface area (Å²) in [7, 11) is 1.47. The van der Waals surface area contributed by atoms with Gasteiger partial charge in [-0.25, -0.2) is 0 Å². The number of Topliss-reactive ketones (excluding diaryl/α,β-unsaturated/α-hetero) is 1. The first-order valence-corrected chi connectivity index (χ1v) is 7.32. The maximum absolute atomic E-state index is 12.6. The third kappa shape index (κ3) is 2.97.